The van der Waals surface area contributed by atoms with Gasteiger partial charge in [-0.05, 0) is 37.5 Å². The predicted molar refractivity (Wildman–Crippen MR) is 105 cm³/mol. The Hall–Kier alpha value is -2.57. The van der Waals surface area contributed by atoms with Gasteiger partial charge in [0, 0.05) is 19.4 Å². The lowest BCUT2D eigenvalue weighted by molar-refractivity contribution is -0.140. The van der Waals surface area contributed by atoms with Crippen molar-refractivity contribution < 1.29 is 23.9 Å². The number of likely N-dealkylation sites (tertiary alicyclic amines) is 1. The zero-order chi connectivity index (χ0) is 20.4. The third-order valence-corrected chi connectivity index (χ3v) is 6.14. The summed E-state index contributed by atoms with van der Waals surface area (Å²) in [5.74, 6) is 0.710. The number of imide groups is 1. The minimum atomic E-state index is -0.216. The van der Waals surface area contributed by atoms with Crippen LogP contribution in [0.2, 0.25) is 0 Å². The first kappa shape index (κ1) is 19.7. The van der Waals surface area contributed by atoms with Gasteiger partial charge in [0.15, 0.2) is 11.5 Å². The number of rotatable bonds is 5. The van der Waals surface area contributed by atoms with Crippen molar-refractivity contribution >= 4 is 17.7 Å². The highest BCUT2D eigenvalue weighted by atomic mass is 16.5. The van der Waals surface area contributed by atoms with Crippen LogP contribution < -0.4 is 14.8 Å². The number of benzene rings is 1. The molecule has 7 nitrogen and oxygen atoms in total. The first-order valence-corrected chi connectivity index (χ1v) is 10.6. The van der Waals surface area contributed by atoms with E-state index in [9.17, 15) is 14.4 Å². The fourth-order valence-corrected chi connectivity index (χ4v) is 4.51. The average Bonchev–Trinajstić information content (AvgIpc) is 2.88. The summed E-state index contributed by atoms with van der Waals surface area (Å²) in [5.41, 5.74) is 0.918. The van der Waals surface area contributed by atoms with Crippen LogP contribution in [-0.2, 0) is 14.4 Å². The lowest BCUT2D eigenvalue weighted by atomic mass is 9.81. The van der Waals surface area contributed by atoms with Crippen LogP contribution in [0.4, 0.5) is 0 Å². The molecule has 1 saturated carbocycles. The van der Waals surface area contributed by atoms with Gasteiger partial charge in [-0.2, -0.15) is 0 Å². The minimum Gasteiger partial charge on any atom is -0.490 e. The van der Waals surface area contributed by atoms with Crippen molar-refractivity contribution in [3.63, 3.8) is 0 Å². The summed E-state index contributed by atoms with van der Waals surface area (Å²) in [7, 11) is 0. The summed E-state index contributed by atoms with van der Waals surface area (Å²) in [6.07, 6.45) is 4.54. The molecule has 1 saturated heterocycles. The molecule has 3 unspecified atom stereocenters. The van der Waals surface area contributed by atoms with Crippen LogP contribution in [0, 0.1) is 11.8 Å². The van der Waals surface area contributed by atoms with Crippen molar-refractivity contribution in [1.82, 2.24) is 10.2 Å². The van der Waals surface area contributed by atoms with E-state index >= 15 is 0 Å². The summed E-state index contributed by atoms with van der Waals surface area (Å²) in [6, 6.07) is 5.45. The maximum Gasteiger partial charge on any atom is 0.233 e. The van der Waals surface area contributed by atoms with Crippen molar-refractivity contribution in [3.05, 3.63) is 23.8 Å². The molecule has 3 amide bonds. The maximum atomic E-state index is 12.5. The molecule has 2 aliphatic heterocycles. The van der Waals surface area contributed by atoms with Gasteiger partial charge in [0.1, 0.15) is 0 Å². The molecule has 1 aromatic carbocycles. The van der Waals surface area contributed by atoms with E-state index in [1.807, 2.05) is 25.1 Å². The molecule has 2 fully saturated rings. The number of hydrogen-bond donors (Lipinski definition) is 1. The summed E-state index contributed by atoms with van der Waals surface area (Å²) >= 11 is 0. The molecule has 29 heavy (non-hydrogen) atoms. The van der Waals surface area contributed by atoms with E-state index in [2.05, 4.69) is 5.32 Å². The Morgan fingerprint density at radius 1 is 1.07 bits per heavy atom. The number of amides is 3. The van der Waals surface area contributed by atoms with Gasteiger partial charge in [-0.1, -0.05) is 18.9 Å². The van der Waals surface area contributed by atoms with Gasteiger partial charge in [-0.25, -0.2) is 0 Å². The second-order valence-corrected chi connectivity index (χ2v) is 8.12. The molecule has 0 bridgehead atoms. The van der Waals surface area contributed by atoms with Crippen molar-refractivity contribution in [1.29, 1.82) is 0 Å². The van der Waals surface area contributed by atoms with Gasteiger partial charge < -0.3 is 14.8 Å². The third kappa shape index (κ3) is 4.09. The first-order valence-electron chi connectivity index (χ1n) is 10.6. The van der Waals surface area contributed by atoms with Crippen LogP contribution in [0.5, 0.6) is 11.5 Å². The molecule has 4 rings (SSSR count). The lowest BCUT2D eigenvalue weighted by Crippen LogP contribution is -2.36. The molecular weight excluding hydrogens is 372 g/mol. The van der Waals surface area contributed by atoms with Gasteiger partial charge >= 0.3 is 0 Å². The van der Waals surface area contributed by atoms with Crippen molar-refractivity contribution in [2.45, 2.75) is 51.5 Å². The maximum absolute atomic E-state index is 12.5. The number of hydrogen-bond acceptors (Lipinski definition) is 5. The van der Waals surface area contributed by atoms with Crippen LogP contribution in [0.15, 0.2) is 18.2 Å². The zero-order valence-electron chi connectivity index (χ0n) is 16.8. The highest BCUT2D eigenvalue weighted by molar-refractivity contribution is 6.05. The fourth-order valence-electron chi connectivity index (χ4n) is 4.51. The van der Waals surface area contributed by atoms with E-state index in [1.54, 1.807) is 0 Å². The molecule has 1 N–H and O–H groups in total. The molecule has 7 heteroatoms. The van der Waals surface area contributed by atoms with Crippen LogP contribution >= 0.6 is 0 Å². The molecule has 0 aromatic heterocycles. The van der Waals surface area contributed by atoms with Gasteiger partial charge in [-0.3, -0.25) is 19.3 Å². The average molecular weight is 400 g/mol. The Morgan fingerprint density at radius 3 is 2.41 bits per heavy atom. The monoisotopic (exact) mass is 400 g/mol. The fraction of sp³-hybridized carbons (Fsp3) is 0.591. The van der Waals surface area contributed by atoms with Gasteiger partial charge in [0.2, 0.25) is 17.7 Å². The quantitative estimate of drug-likeness (QED) is 0.768. The third-order valence-electron chi connectivity index (χ3n) is 6.14. The van der Waals surface area contributed by atoms with E-state index in [-0.39, 0.29) is 48.6 Å². The summed E-state index contributed by atoms with van der Waals surface area (Å²) in [6.45, 7) is 3.30. The van der Waals surface area contributed by atoms with Crippen molar-refractivity contribution in [2.75, 3.05) is 19.8 Å². The van der Waals surface area contributed by atoms with Crippen LogP contribution in [0.3, 0.4) is 0 Å². The summed E-state index contributed by atoms with van der Waals surface area (Å²) in [5, 5.41) is 2.95. The van der Waals surface area contributed by atoms with Crippen LogP contribution in [0.1, 0.15) is 57.1 Å². The largest absolute Gasteiger partial charge is 0.490 e. The first-order chi connectivity index (χ1) is 14.0. The highest BCUT2D eigenvalue weighted by Gasteiger charge is 2.47. The Bertz CT molecular complexity index is 784. The SMILES string of the molecule is CC(NC(=O)CCN1C(=O)C2CCCCC2C1=O)c1ccc2c(c1)OCCCO2. The lowest BCUT2D eigenvalue weighted by Gasteiger charge is -2.19. The van der Waals surface area contributed by atoms with Crippen LogP contribution in [-0.4, -0.2) is 42.4 Å². The number of nitrogens with zero attached hydrogens (tertiary/aromatic N) is 1. The van der Waals surface area contributed by atoms with Gasteiger partial charge in [0.05, 0.1) is 31.1 Å². The van der Waals surface area contributed by atoms with E-state index in [4.69, 9.17) is 9.47 Å². The Morgan fingerprint density at radius 2 is 1.72 bits per heavy atom. The Labute approximate surface area is 170 Å². The number of fused-ring (bicyclic) bond motifs is 2. The minimum absolute atomic E-state index is 0.0940. The van der Waals surface area contributed by atoms with Gasteiger partial charge in [-0.15, -0.1) is 0 Å². The molecule has 3 atom stereocenters. The predicted octanol–water partition coefficient (Wildman–Crippen LogP) is 2.59. The Balaban J connectivity index is 1.32. The van der Waals surface area contributed by atoms with Crippen molar-refractivity contribution in [3.8, 4) is 11.5 Å². The van der Waals surface area contributed by atoms with E-state index in [0.29, 0.717) is 19.0 Å². The molecule has 0 spiro atoms. The normalized spacial score (nSPS) is 24.7. The smallest absolute Gasteiger partial charge is 0.233 e. The molecule has 1 aromatic rings. The molecule has 156 valence electrons. The van der Waals surface area contributed by atoms with Crippen LogP contribution in [0.25, 0.3) is 0 Å². The summed E-state index contributed by atoms with van der Waals surface area (Å²) < 4.78 is 11.3. The standard InChI is InChI=1S/C22H28N2O5/c1-14(15-7-8-18-19(13-15)29-12-4-11-28-18)23-20(25)9-10-24-21(26)16-5-2-3-6-17(16)22(24)27/h7-8,13-14,16-17H,2-6,9-12H2,1H3,(H,23,25). The number of carbonyl (C=O) groups is 3. The number of carbonyl (C=O) groups excluding carboxylic acids is 3. The zero-order valence-corrected chi connectivity index (χ0v) is 16.8. The second kappa shape index (κ2) is 8.43. The van der Waals surface area contributed by atoms with E-state index in [0.717, 1.165) is 43.4 Å². The number of ether oxygens (including phenoxy) is 2. The highest BCUT2D eigenvalue weighted by Crippen LogP contribution is 2.38. The summed E-state index contributed by atoms with van der Waals surface area (Å²) in [4.78, 5) is 38.8. The Kier molecular flexibility index (Phi) is 5.74. The second-order valence-electron chi connectivity index (χ2n) is 8.12. The number of nitrogens with one attached hydrogen (secondary N) is 1. The topological polar surface area (TPSA) is 84.9 Å². The molecule has 1 aliphatic carbocycles. The van der Waals surface area contributed by atoms with E-state index < -0.39 is 0 Å². The molecule has 2 heterocycles. The molecule has 0 radical (unpaired) electrons. The van der Waals surface area contributed by atoms with Crippen molar-refractivity contribution in [2.24, 2.45) is 11.8 Å². The molecular formula is C22H28N2O5. The van der Waals surface area contributed by atoms with E-state index in [1.165, 1.54) is 4.90 Å². The molecule has 3 aliphatic rings. The van der Waals surface area contributed by atoms with Gasteiger partial charge in [0.25, 0.3) is 0 Å².